The molecule has 1 unspecified atom stereocenters. The van der Waals surface area contributed by atoms with E-state index >= 15 is 0 Å². The Balaban J connectivity index is 2.46. The Morgan fingerprint density at radius 2 is 2.19 bits per heavy atom. The first-order valence-electron chi connectivity index (χ1n) is 4.66. The van der Waals surface area contributed by atoms with Crippen LogP contribution >= 0.6 is 12.2 Å². The Hall–Kier alpha value is -1.82. The van der Waals surface area contributed by atoms with Gasteiger partial charge in [0.15, 0.2) is 0 Å². The van der Waals surface area contributed by atoms with Crippen LogP contribution in [0.4, 0.5) is 0 Å². The summed E-state index contributed by atoms with van der Waals surface area (Å²) in [5, 5.41) is 0. The largest absolute Gasteiger partial charge is 0.392 e. The molecule has 1 aliphatic rings. The molecule has 1 aromatic heterocycles. The summed E-state index contributed by atoms with van der Waals surface area (Å²) < 4.78 is 0. The number of amides is 2. The van der Waals surface area contributed by atoms with Crippen LogP contribution in [0.1, 0.15) is 27.8 Å². The van der Waals surface area contributed by atoms with Crippen LogP contribution in [0.25, 0.3) is 0 Å². The molecule has 2 rings (SSSR count). The van der Waals surface area contributed by atoms with Gasteiger partial charge >= 0.3 is 0 Å². The Morgan fingerprint density at radius 3 is 2.75 bits per heavy atom. The van der Waals surface area contributed by atoms with Crippen molar-refractivity contribution in [2.75, 3.05) is 0 Å². The molecule has 1 aliphatic heterocycles. The molecule has 1 atom stereocenters. The second kappa shape index (κ2) is 3.64. The molecule has 0 saturated carbocycles. The highest BCUT2D eigenvalue weighted by Gasteiger charge is 2.40. The van der Waals surface area contributed by atoms with Gasteiger partial charge in [0.1, 0.15) is 5.69 Å². The van der Waals surface area contributed by atoms with E-state index in [0.29, 0.717) is 5.56 Å². The SMILES string of the molecule is CC(C(N)=S)N1C(=O)c2cccnc2C1=O. The molecule has 0 radical (unpaired) electrons. The number of fused-ring (bicyclic) bond motifs is 1. The standard InChI is InChI=1S/C10H9N3O2S/c1-5(8(11)16)13-9(14)6-3-2-4-12-7(6)10(13)15/h2-5H,1H3,(H2,11,16). The summed E-state index contributed by atoms with van der Waals surface area (Å²) in [4.78, 5) is 28.8. The number of carbonyl (C=O) groups is 2. The van der Waals surface area contributed by atoms with Gasteiger partial charge in [-0.3, -0.25) is 19.5 Å². The summed E-state index contributed by atoms with van der Waals surface area (Å²) in [5.74, 6) is -0.839. The topological polar surface area (TPSA) is 76.3 Å². The minimum Gasteiger partial charge on any atom is -0.392 e. The van der Waals surface area contributed by atoms with Crippen molar-refractivity contribution in [3.05, 3.63) is 29.6 Å². The maximum Gasteiger partial charge on any atom is 0.280 e. The minimum atomic E-state index is -0.593. The molecular formula is C10H9N3O2S. The first-order chi connectivity index (χ1) is 7.54. The van der Waals surface area contributed by atoms with Crippen LogP contribution in [0.15, 0.2) is 18.3 Å². The second-order valence-corrected chi connectivity index (χ2v) is 3.93. The van der Waals surface area contributed by atoms with Gasteiger partial charge in [0.2, 0.25) is 0 Å². The van der Waals surface area contributed by atoms with E-state index in [1.807, 2.05) is 0 Å². The summed E-state index contributed by atoms with van der Waals surface area (Å²) in [6.07, 6.45) is 1.47. The van der Waals surface area contributed by atoms with E-state index in [0.717, 1.165) is 4.90 Å². The third-order valence-corrected chi connectivity index (χ3v) is 2.82. The van der Waals surface area contributed by atoms with Crippen LogP contribution < -0.4 is 5.73 Å². The van der Waals surface area contributed by atoms with Crippen molar-refractivity contribution in [1.29, 1.82) is 0 Å². The molecule has 2 amide bonds. The summed E-state index contributed by atoms with van der Waals surface area (Å²) in [6, 6.07) is 2.58. The number of thiocarbonyl (C=S) groups is 1. The van der Waals surface area contributed by atoms with Crippen molar-refractivity contribution in [2.24, 2.45) is 5.73 Å². The zero-order valence-electron chi connectivity index (χ0n) is 8.51. The number of carbonyl (C=O) groups excluding carboxylic acids is 2. The number of aromatic nitrogens is 1. The molecule has 82 valence electrons. The molecule has 0 saturated heterocycles. The smallest absolute Gasteiger partial charge is 0.280 e. The van der Waals surface area contributed by atoms with E-state index in [2.05, 4.69) is 4.98 Å². The molecule has 0 spiro atoms. The average Bonchev–Trinajstić information content (AvgIpc) is 2.52. The fourth-order valence-electron chi connectivity index (χ4n) is 1.56. The van der Waals surface area contributed by atoms with Crippen LogP contribution in [0.2, 0.25) is 0 Å². The van der Waals surface area contributed by atoms with E-state index in [-0.39, 0.29) is 10.7 Å². The summed E-state index contributed by atoms with van der Waals surface area (Å²) >= 11 is 4.78. The van der Waals surface area contributed by atoms with Gasteiger partial charge in [0.05, 0.1) is 16.6 Å². The van der Waals surface area contributed by atoms with Crippen molar-refractivity contribution in [3.8, 4) is 0 Å². The maximum atomic E-state index is 11.9. The molecule has 16 heavy (non-hydrogen) atoms. The predicted molar refractivity (Wildman–Crippen MR) is 61.0 cm³/mol. The first kappa shape index (κ1) is 10.7. The second-order valence-electron chi connectivity index (χ2n) is 3.46. The molecule has 5 nitrogen and oxygen atoms in total. The number of hydrogen-bond donors (Lipinski definition) is 1. The number of nitrogens with two attached hydrogens (primary N) is 1. The highest BCUT2D eigenvalue weighted by molar-refractivity contribution is 7.80. The van der Waals surface area contributed by atoms with Crippen molar-refractivity contribution in [2.45, 2.75) is 13.0 Å². The third kappa shape index (κ3) is 1.38. The predicted octanol–water partition coefficient (Wildman–Crippen LogP) is 0.352. The van der Waals surface area contributed by atoms with E-state index < -0.39 is 17.9 Å². The Labute approximate surface area is 97.3 Å². The van der Waals surface area contributed by atoms with Gasteiger partial charge in [-0.2, -0.15) is 0 Å². The highest BCUT2D eigenvalue weighted by Crippen LogP contribution is 2.22. The van der Waals surface area contributed by atoms with Crippen molar-refractivity contribution in [1.82, 2.24) is 9.88 Å². The normalized spacial score (nSPS) is 16.2. The van der Waals surface area contributed by atoms with E-state index in [1.54, 1.807) is 19.1 Å². The van der Waals surface area contributed by atoms with Gasteiger partial charge in [0, 0.05) is 6.20 Å². The van der Waals surface area contributed by atoms with Crippen LogP contribution in [0, 0.1) is 0 Å². The van der Waals surface area contributed by atoms with Crippen molar-refractivity contribution < 1.29 is 9.59 Å². The molecular weight excluding hydrogens is 226 g/mol. The average molecular weight is 235 g/mol. The number of pyridine rings is 1. The van der Waals surface area contributed by atoms with Crippen LogP contribution in [0.5, 0.6) is 0 Å². The van der Waals surface area contributed by atoms with Gasteiger partial charge in [-0.1, -0.05) is 12.2 Å². The molecule has 0 fully saturated rings. The molecule has 0 aliphatic carbocycles. The van der Waals surface area contributed by atoms with Gasteiger partial charge in [-0.15, -0.1) is 0 Å². The van der Waals surface area contributed by atoms with E-state index in [1.165, 1.54) is 6.20 Å². The monoisotopic (exact) mass is 235 g/mol. The summed E-state index contributed by atoms with van der Waals surface area (Å²) in [7, 11) is 0. The molecule has 0 aromatic carbocycles. The summed E-state index contributed by atoms with van der Waals surface area (Å²) in [6.45, 7) is 1.62. The molecule has 0 bridgehead atoms. The van der Waals surface area contributed by atoms with Crippen LogP contribution in [-0.4, -0.2) is 32.7 Å². The van der Waals surface area contributed by atoms with Crippen molar-refractivity contribution in [3.63, 3.8) is 0 Å². The molecule has 2 heterocycles. The zero-order chi connectivity index (χ0) is 11.9. The lowest BCUT2D eigenvalue weighted by Gasteiger charge is -2.20. The lowest BCUT2D eigenvalue weighted by atomic mass is 10.2. The Morgan fingerprint density at radius 1 is 1.50 bits per heavy atom. The number of imide groups is 1. The van der Waals surface area contributed by atoms with Gasteiger partial charge in [-0.05, 0) is 19.1 Å². The van der Waals surface area contributed by atoms with Gasteiger partial charge in [-0.25, -0.2) is 0 Å². The summed E-state index contributed by atoms with van der Waals surface area (Å²) in [5.41, 5.74) is 5.90. The van der Waals surface area contributed by atoms with Gasteiger partial charge in [0.25, 0.3) is 11.8 Å². The zero-order valence-corrected chi connectivity index (χ0v) is 9.32. The molecule has 2 N–H and O–H groups in total. The number of hydrogen-bond acceptors (Lipinski definition) is 4. The lowest BCUT2D eigenvalue weighted by Crippen LogP contribution is -2.45. The van der Waals surface area contributed by atoms with E-state index in [4.69, 9.17) is 18.0 Å². The quantitative estimate of drug-likeness (QED) is 0.591. The van der Waals surface area contributed by atoms with Crippen molar-refractivity contribution >= 4 is 29.0 Å². The maximum absolute atomic E-state index is 11.9. The first-order valence-corrected chi connectivity index (χ1v) is 5.07. The third-order valence-electron chi connectivity index (χ3n) is 2.48. The Bertz CT molecular complexity index is 466. The fraction of sp³-hybridized carbons (Fsp3) is 0.200. The van der Waals surface area contributed by atoms with Gasteiger partial charge < -0.3 is 5.73 Å². The number of rotatable bonds is 2. The fourth-order valence-corrected chi connectivity index (χ4v) is 1.67. The molecule has 6 heteroatoms. The number of nitrogens with zero attached hydrogens (tertiary/aromatic N) is 2. The molecule has 1 aromatic rings. The van der Waals surface area contributed by atoms with E-state index in [9.17, 15) is 9.59 Å². The lowest BCUT2D eigenvalue weighted by molar-refractivity contribution is 0.0634. The van der Waals surface area contributed by atoms with Crippen LogP contribution in [0.3, 0.4) is 0 Å². The highest BCUT2D eigenvalue weighted by atomic mass is 32.1. The van der Waals surface area contributed by atoms with Crippen LogP contribution in [-0.2, 0) is 0 Å². The Kier molecular flexibility index (Phi) is 2.43. The minimum absolute atomic E-state index is 0.106.